The van der Waals surface area contributed by atoms with E-state index in [4.69, 9.17) is 16.3 Å². The zero-order valence-corrected chi connectivity index (χ0v) is 19.1. The van der Waals surface area contributed by atoms with Crippen LogP contribution >= 0.6 is 11.6 Å². The standard InChI is InChI=1S/C27H22ClN3O2/c1-18-24(14-20(16-29)27(32)30-21-9-7-10-22(15-21)33-2)23-11-4-6-13-26(23)31(18)17-19-8-3-5-12-25(19)28/h3-15H,17H2,1-2H3,(H,30,32). The maximum atomic E-state index is 12.9. The number of nitrogens with zero attached hydrogens (tertiary/aromatic N) is 2. The lowest BCUT2D eigenvalue weighted by atomic mass is 10.1. The number of benzene rings is 3. The second-order valence-corrected chi connectivity index (χ2v) is 7.96. The molecule has 0 spiro atoms. The van der Waals surface area contributed by atoms with Gasteiger partial charge in [-0.1, -0.05) is 54.1 Å². The van der Waals surface area contributed by atoms with Crippen molar-refractivity contribution in [1.29, 1.82) is 5.26 Å². The van der Waals surface area contributed by atoms with Crippen molar-refractivity contribution in [3.63, 3.8) is 0 Å². The van der Waals surface area contributed by atoms with Gasteiger partial charge >= 0.3 is 0 Å². The molecule has 0 saturated heterocycles. The second-order valence-electron chi connectivity index (χ2n) is 7.55. The van der Waals surface area contributed by atoms with Crippen LogP contribution in [0.5, 0.6) is 5.75 Å². The molecule has 4 aromatic rings. The largest absolute Gasteiger partial charge is 0.497 e. The molecule has 33 heavy (non-hydrogen) atoms. The van der Waals surface area contributed by atoms with E-state index in [9.17, 15) is 10.1 Å². The number of hydrogen-bond acceptors (Lipinski definition) is 3. The van der Waals surface area contributed by atoms with Gasteiger partial charge in [0, 0.05) is 45.5 Å². The van der Waals surface area contributed by atoms with E-state index in [-0.39, 0.29) is 5.57 Å². The van der Waals surface area contributed by atoms with Crippen LogP contribution in [0.2, 0.25) is 5.02 Å². The molecular weight excluding hydrogens is 434 g/mol. The van der Waals surface area contributed by atoms with Gasteiger partial charge in [0.2, 0.25) is 0 Å². The van der Waals surface area contributed by atoms with Crippen molar-refractivity contribution in [2.24, 2.45) is 0 Å². The van der Waals surface area contributed by atoms with Crippen LogP contribution in [0, 0.1) is 18.3 Å². The number of para-hydroxylation sites is 1. The number of methoxy groups -OCH3 is 1. The SMILES string of the molecule is COc1cccc(NC(=O)C(C#N)=Cc2c(C)n(Cc3ccccc3Cl)c3ccccc23)c1. The van der Waals surface area contributed by atoms with Crippen molar-refractivity contribution in [3.8, 4) is 11.8 Å². The summed E-state index contributed by atoms with van der Waals surface area (Å²) < 4.78 is 7.35. The molecule has 164 valence electrons. The average molecular weight is 456 g/mol. The Hall–Kier alpha value is -4.01. The Morgan fingerprint density at radius 2 is 1.88 bits per heavy atom. The molecule has 0 aliphatic carbocycles. The highest BCUT2D eigenvalue weighted by Crippen LogP contribution is 2.30. The third-order valence-electron chi connectivity index (χ3n) is 5.55. The zero-order chi connectivity index (χ0) is 23.4. The summed E-state index contributed by atoms with van der Waals surface area (Å²) in [7, 11) is 1.56. The highest BCUT2D eigenvalue weighted by Gasteiger charge is 2.17. The number of aromatic nitrogens is 1. The molecule has 4 rings (SSSR count). The van der Waals surface area contributed by atoms with E-state index in [2.05, 4.69) is 9.88 Å². The minimum Gasteiger partial charge on any atom is -0.497 e. The van der Waals surface area contributed by atoms with Crippen LogP contribution in [-0.2, 0) is 11.3 Å². The molecule has 6 heteroatoms. The highest BCUT2D eigenvalue weighted by molar-refractivity contribution is 6.31. The summed E-state index contributed by atoms with van der Waals surface area (Å²) in [6.07, 6.45) is 1.65. The monoisotopic (exact) mass is 455 g/mol. The van der Waals surface area contributed by atoms with Crippen LogP contribution in [-0.4, -0.2) is 17.6 Å². The summed E-state index contributed by atoms with van der Waals surface area (Å²) in [5.74, 6) is 0.141. The van der Waals surface area contributed by atoms with Gasteiger partial charge in [-0.05, 0) is 42.8 Å². The predicted molar refractivity (Wildman–Crippen MR) is 132 cm³/mol. The lowest BCUT2D eigenvalue weighted by Crippen LogP contribution is -2.13. The first-order chi connectivity index (χ1) is 16.0. The maximum absolute atomic E-state index is 12.9. The Labute approximate surface area is 197 Å². The molecular formula is C27H22ClN3O2. The first kappa shape index (κ1) is 22.2. The smallest absolute Gasteiger partial charge is 0.266 e. The van der Waals surface area contributed by atoms with Gasteiger partial charge in [0.05, 0.1) is 7.11 Å². The number of carbonyl (C=O) groups is 1. The number of nitrogens with one attached hydrogen (secondary N) is 1. The van der Waals surface area contributed by atoms with Crippen molar-refractivity contribution < 1.29 is 9.53 Å². The maximum Gasteiger partial charge on any atom is 0.266 e. The number of hydrogen-bond donors (Lipinski definition) is 1. The minimum absolute atomic E-state index is 0.0153. The lowest BCUT2D eigenvalue weighted by Gasteiger charge is -2.10. The van der Waals surface area contributed by atoms with Gasteiger partial charge < -0.3 is 14.6 Å². The number of ether oxygens (including phenoxy) is 1. The fraction of sp³-hybridized carbons (Fsp3) is 0.111. The van der Waals surface area contributed by atoms with Crippen LogP contribution < -0.4 is 10.1 Å². The number of halogens is 1. The van der Waals surface area contributed by atoms with Crippen LogP contribution in [0.15, 0.2) is 78.4 Å². The van der Waals surface area contributed by atoms with E-state index < -0.39 is 5.91 Å². The quantitative estimate of drug-likeness (QED) is 0.278. The van der Waals surface area contributed by atoms with Crippen LogP contribution in [0.3, 0.4) is 0 Å². The first-order valence-corrected chi connectivity index (χ1v) is 10.8. The van der Waals surface area contributed by atoms with E-state index in [1.165, 1.54) is 0 Å². The summed E-state index contributed by atoms with van der Waals surface area (Å²) in [5.41, 5.74) is 4.34. The number of rotatable bonds is 6. The second kappa shape index (κ2) is 9.64. The van der Waals surface area contributed by atoms with Gasteiger partial charge in [0.25, 0.3) is 5.91 Å². The zero-order valence-electron chi connectivity index (χ0n) is 18.3. The minimum atomic E-state index is -0.479. The molecule has 0 unspecified atom stereocenters. The molecule has 5 nitrogen and oxygen atoms in total. The molecule has 0 bridgehead atoms. The van der Waals surface area contributed by atoms with Gasteiger partial charge in [-0.25, -0.2) is 0 Å². The third kappa shape index (κ3) is 4.62. The van der Waals surface area contributed by atoms with Gasteiger partial charge in [-0.3, -0.25) is 4.79 Å². The third-order valence-corrected chi connectivity index (χ3v) is 5.92. The molecule has 0 aliphatic heterocycles. The molecule has 1 aromatic heterocycles. The van der Waals surface area contributed by atoms with Crippen LogP contribution in [0.4, 0.5) is 5.69 Å². The Morgan fingerprint density at radius 3 is 2.64 bits per heavy atom. The summed E-state index contributed by atoms with van der Waals surface area (Å²) in [6.45, 7) is 2.56. The van der Waals surface area contributed by atoms with Gasteiger partial charge in [0.15, 0.2) is 0 Å². The summed E-state index contributed by atoms with van der Waals surface area (Å²) in [6, 6.07) is 24.7. The summed E-state index contributed by atoms with van der Waals surface area (Å²) >= 11 is 6.40. The van der Waals surface area contributed by atoms with E-state index in [0.29, 0.717) is 23.0 Å². The molecule has 0 saturated carbocycles. The Morgan fingerprint density at radius 1 is 1.12 bits per heavy atom. The van der Waals surface area contributed by atoms with Crippen LogP contribution in [0.25, 0.3) is 17.0 Å². The lowest BCUT2D eigenvalue weighted by molar-refractivity contribution is -0.112. The normalized spacial score (nSPS) is 11.3. The van der Waals surface area contributed by atoms with Crippen LogP contribution in [0.1, 0.15) is 16.8 Å². The fourth-order valence-corrected chi connectivity index (χ4v) is 4.03. The first-order valence-electron chi connectivity index (χ1n) is 10.4. The number of amides is 1. The predicted octanol–water partition coefficient (Wildman–Crippen LogP) is 6.21. The number of nitriles is 1. The molecule has 3 aromatic carbocycles. The summed E-state index contributed by atoms with van der Waals surface area (Å²) in [4.78, 5) is 12.9. The molecule has 0 radical (unpaired) electrons. The van der Waals surface area contributed by atoms with Crippen molar-refractivity contribution >= 4 is 40.2 Å². The Kier molecular flexibility index (Phi) is 6.48. The van der Waals surface area contributed by atoms with Gasteiger partial charge in [-0.15, -0.1) is 0 Å². The average Bonchev–Trinajstić information content (AvgIpc) is 3.09. The van der Waals surface area contributed by atoms with Crippen molar-refractivity contribution in [2.75, 3.05) is 12.4 Å². The molecule has 0 atom stereocenters. The number of carbonyl (C=O) groups excluding carboxylic acids is 1. The number of fused-ring (bicyclic) bond motifs is 1. The van der Waals surface area contributed by atoms with E-state index in [1.807, 2.05) is 61.5 Å². The van der Waals surface area contributed by atoms with E-state index in [1.54, 1.807) is 37.5 Å². The molecule has 0 fully saturated rings. The van der Waals surface area contributed by atoms with E-state index in [0.717, 1.165) is 27.7 Å². The van der Waals surface area contributed by atoms with Gasteiger partial charge in [-0.2, -0.15) is 5.26 Å². The molecule has 1 N–H and O–H groups in total. The van der Waals surface area contributed by atoms with E-state index >= 15 is 0 Å². The van der Waals surface area contributed by atoms with Crippen molar-refractivity contribution in [2.45, 2.75) is 13.5 Å². The Balaban J connectivity index is 1.74. The molecule has 1 heterocycles. The van der Waals surface area contributed by atoms with Gasteiger partial charge in [0.1, 0.15) is 17.4 Å². The van der Waals surface area contributed by atoms with Crippen molar-refractivity contribution in [3.05, 3.63) is 100 Å². The molecule has 1 amide bonds. The van der Waals surface area contributed by atoms with Crippen molar-refractivity contribution in [1.82, 2.24) is 4.57 Å². The highest BCUT2D eigenvalue weighted by atomic mass is 35.5. The number of anilines is 1. The molecule has 0 aliphatic rings. The topological polar surface area (TPSA) is 67.0 Å². The summed E-state index contributed by atoms with van der Waals surface area (Å²) in [5, 5.41) is 14.2. The Bertz CT molecular complexity index is 1410. The fourth-order valence-electron chi connectivity index (χ4n) is 3.83.